The molecule has 1 aromatic rings. The Morgan fingerprint density at radius 1 is 1.32 bits per heavy atom. The zero-order valence-corrected chi connectivity index (χ0v) is 14.8. The number of allylic oxidation sites excluding steroid dienone is 2. The lowest BCUT2D eigenvalue weighted by atomic mass is 9.49. The molecule has 2 atom stereocenters. The molecule has 2 unspecified atom stereocenters. The summed E-state index contributed by atoms with van der Waals surface area (Å²) in [6, 6.07) is 5.20. The highest BCUT2D eigenvalue weighted by atomic mass is 32.1. The van der Waals surface area contributed by atoms with Gasteiger partial charge in [0.25, 0.3) is 0 Å². The van der Waals surface area contributed by atoms with Gasteiger partial charge >= 0.3 is 6.18 Å². The van der Waals surface area contributed by atoms with Gasteiger partial charge in [-0.2, -0.15) is 18.3 Å². The van der Waals surface area contributed by atoms with Gasteiger partial charge in [-0.05, 0) is 60.0 Å². The maximum Gasteiger partial charge on any atom is 0.418 e. The Morgan fingerprint density at radius 3 is 2.68 bits per heavy atom. The summed E-state index contributed by atoms with van der Waals surface area (Å²) in [6.45, 7) is 4.53. The van der Waals surface area contributed by atoms with Crippen molar-refractivity contribution < 1.29 is 13.2 Å². The van der Waals surface area contributed by atoms with Gasteiger partial charge in [0.15, 0.2) is 5.11 Å². The quantitative estimate of drug-likeness (QED) is 0.450. The SMILES string of the molecule is CC1(C)C2CC=C(/C=N/NC(=S)Nc3ccccc3C(F)(F)F)C1C2. The van der Waals surface area contributed by atoms with E-state index in [0.717, 1.165) is 18.4 Å². The Bertz CT molecular complexity index is 737. The minimum Gasteiger partial charge on any atom is -0.331 e. The molecule has 4 rings (SSSR count). The number of halogens is 3. The lowest BCUT2D eigenvalue weighted by Crippen LogP contribution is -2.48. The number of hydrazone groups is 1. The van der Waals surface area contributed by atoms with Crippen molar-refractivity contribution in [3.05, 3.63) is 41.5 Å². The van der Waals surface area contributed by atoms with Crippen LogP contribution in [0.4, 0.5) is 18.9 Å². The number of nitrogens with one attached hydrogen (secondary N) is 2. The monoisotopic (exact) mass is 367 g/mol. The number of thiocarbonyl (C=S) groups is 1. The van der Waals surface area contributed by atoms with Gasteiger partial charge in [-0.3, -0.25) is 5.43 Å². The highest BCUT2D eigenvalue weighted by Gasteiger charge is 2.50. The number of nitrogens with zero attached hydrogens (tertiary/aromatic N) is 1. The van der Waals surface area contributed by atoms with E-state index in [0.29, 0.717) is 11.3 Å². The van der Waals surface area contributed by atoms with Crippen LogP contribution in [0.15, 0.2) is 41.0 Å². The Labute approximate surface area is 150 Å². The van der Waals surface area contributed by atoms with Gasteiger partial charge in [-0.25, -0.2) is 0 Å². The van der Waals surface area contributed by atoms with Crippen LogP contribution in [0.3, 0.4) is 0 Å². The van der Waals surface area contributed by atoms with E-state index in [9.17, 15) is 13.2 Å². The average Bonchev–Trinajstić information content (AvgIpc) is 2.54. The van der Waals surface area contributed by atoms with E-state index in [1.54, 1.807) is 6.21 Å². The molecule has 0 aliphatic heterocycles. The summed E-state index contributed by atoms with van der Waals surface area (Å²) in [7, 11) is 0. The second kappa shape index (κ2) is 6.44. The lowest BCUT2D eigenvalue weighted by molar-refractivity contribution is -0.136. The van der Waals surface area contributed by atoms with Crippen LogP contribution in [0.5, 0.6) is 0 Å². The first-order valence-electron chi connectivity index (χ1n) is 8.16. The summed E-state index contributed by atoms with van der Waals surface area (Å²) < 4.78 is 38.9. The zero-order chi connectivity index (χ0) is 18.2. The number of rotatable bonds is 3. The first-order valence-corrected chi connectivity index (χ1v) is 8.56. The molecule has 2 bridgehead atoms. The Hall–Kier alpha value is -1.89. The van der Waals surface area contributed by atoms with Crippen LogP contribution in [0.25, 0.3) is 0 Å². The highest BCUT2D eigenvalue weighted by Crippen LogP contribution is 2.58. The van der Waals surface area contributed by atoms with Crippen LogP contribution in [-0.2, 0) is 6.18 Å². The molecule has 0 heterocycles. The van der Waals surface area contributed by atoms with E-state index in [1.807, 2.05) is 0 Å². The summed E-state index contributed by atoms with van der Waals surface area (Å²) in [5.74, 6) is 1.23. The van der Waals surface area contributed by atoms with Crippen molar-refractivity contribution >= 4 is 29.2 Å². The zero-order valence-electron chi connectivity index (χ0n) is 14.0. The maximum atomic E-state index is 13.0. The summed E-state index contributed by atoms with van der Waals surface area (Å²) >= 11 is 5.05. The normalized spacial score (nSPS) is 24.4. The average molecular weight is 367 g/mol. The second-order valence-corrected chi connectivity index (χ2v) is 7.52. The van der Waals surface area contributed by atoms with E-state index < -0.39 is 11.7 Å². The number of anilines is 1. The van der Waals surface area contributed by atoms with Crippen molar-refractivity contribution in [2.45, 2.75) is 32.9 Å². The van der Waals surface area contributed by atoms with Crippen LogP contribution in [0, 0.1) is 17.3 Å². The molecule has 3 nitrogen and oxygen atoms in total. The molecule has 0 radical (unpaired) electrons. The molecule has 1 aromatic carbocycles. The largest absolute Gasteiger partial charge is 0.418 e. The summed E-state index contributed by atoms with van der Waals surface area (Å²) in [6.07, 6.45) is 1.69. The fourth-order valence-electron chi connectivity index (χ4n) is 3.70. The van der Waals surface area contributed by atoms with Crippen LogP contribution >= 0.6 is 12.2 Å². The predicted molar refractivity (Wildman–Crippen MR) is 97.4 cm³/mol. The number of hydrogen-bond donors (Lipinski definition) is 2. The van der Waals surface area contributed by atoms with Gasteiger partial charge in [0, 0.05) is 0 Å². The Kier molecular flexibility index (Phi) is 4.62. The first kappa shape index (κ1) is 17.9. The predicted octanol–water partition coefficient (Wildman–Crippen LogP) is 4.97. The smallest absolute Gasteiger partial charge is 0.331 e. The molecule has 1 fully saturated rings. The summed E-state index contributed by atoms with van der Waals surface area (Å²) in [5.41, 5.74) is 3.20. The molecule has 3 aliphatic carbocycles. The van der Waals surface area contributed by atoms with E-state index >= 15 is 0 Å². The topological polar surface area (TPSA) is 36.4 Å². The molecule has 3 aliphatic rings. The van der Waals surface area contributed by atoms with Crippen LogP contribution < -0.4 is 10.7 Å². The van der Waals surface area contributed by atoms with Crippen molar-refractivity contribution in [1.29, 1.82) is 0 Å². The Balaban J connectivity index is 1.60. The van der Waals surface area contributed by atoms with E-state index in [-0.39, 0.29) is 10.8 Å². The number of alkyl halides is 3. The van der Waals surface area contributed by atoms with Gasteiger partial charge in [-0.1, -0.05) is 32.1 Å². The minimum atomic E-state index is -4.44. The lowest BCUT2D eigenvalue weighted by Gasteiger charge is -2.55. The fraction of sp³-hybridized carbons (Fsp3) is 0.444. The molecule has 0 saturated heterocycles. The van der Waals surface area contributed by atoms with Crippen molar-refractivity contribution in [2.75, 3.05) is 5.32 Å². The van der Waals surface area contributed by atoms with Crippen molar-refractivity contribution in [1.82, 2.24) is 5.43 Å². The third-order valence-electron chi connectivity index (χ3n) is 5.37. The molecule has 0 spiro atoms. The van der Waals surface area contributed by atoms with Gasteiger partial charge in [0.2, 0.25) is 0 Å². The van der Waals surface area contributed by atoms with Gasteiger partial charge < -0.3 is 5.32 Å². The summed E-state index contributed by atoms with van der Waals surface area (Å²) in [5, 5.41) is 6.68. The maximum absolute atomic E-state index is 13.0. The second-order valence-electron chi connectivity index (χ2n) is 7.11. The molecular weight excluding hydrogens is 347 g/mol. The van der Waals surface area contributed by atoms with Gasteiger partial charge in [0.05, 0.1) is 17.5 Å². The fourth-order valence-corrected chi connectivity index (χ4v) is 3.86. The number of hydrogen-bond acceptors (Lipinski definition) is 2. The number of para-hydroxylation sites is 1. The Morgan fingerprint density at radius 2 is 2.04 bits per heavy atom. The standard InChI is InChI=1S/C18H20F3N3S/c1-17(2)12-8-7-11(14(17)9-12)10-22-24-16(25)23-15-6-4-3-5-13(15)18(19,20)21/h3-7,10,12,14H,8-9H2,1-2H3,(H2,23,24,25)/b22-10+. The van der Waals surface area contributed by atoms with E-state index in [4.69, 9.17) is 12.2 Å². The molecule has 2 N–H and O–H groups in total. The van der Waals surface area contributed by atoms with Gasteiger partial charge in [0.1, 0.15) is 0 Å². The molecule has 1 saturated carbocycles. The van der Waals surface area contributed by atoms with Crippen LogP contribution in [0.2, 0.25) is 0 Å². The molecular formula is C18H20F3N3S. The first-order chi connectivity index (χ1) is 11.7. The third-order valence-corrected chi connectivity index (χ3v) is 5.56. The molecule has 25 heavy (non-hydrogen) atoms. The van der Waals surface area contributed by atoms with Crippen molar-refractivity contribution in [2.24, 2.45) is 22.4 Å². The van der Waals surface area contributed by atoms with Gasteiger partial charge in [-0.15, -0.1) is 0 Å². The van der Waals surface area contributed by atoms with E-state index in [1.165, 1.54) is 30.2 Å². The van der Waals surface area contributed by atoms with Crippen molar-refractivity contribution in [3.8, 4) is 0 Å². The highest BCUT2D eigenvalue weighted by molar-refractivity contribution is 7.80. The van der Waals surface area contributed by atoms with Crippen LogP contribution in [-0.4, -0.2) is 11.3 Å². The summed E-state index contributed by atoms with van der Waals surface area (Å²) in [4.78, 5) is 0. The molecule has 134 valence electrons. The van der Waals surface area contributed by atoms with Crippen LogP contribution in [0.1, 0.15) is 32.3 Å². The number of benzene rings is 1. The minimum absolute atomic E-state index is 0.0232. The molecule has 0 amide bonds. The van der Waals surface area contributed by atoms with Crippen molar-refractivity contribution in [3.63, 3.8) is 0 Å². The molecule has 7 heteroatoms. The number of fused-ring (bicyclic) bond motifs is 1. The van der Waals surface area contributed by atoms with E-state index in [2.05, 4.69) is 35.8 Å². The third kappa shape index (κ3) is 3.56. The molecule has 0 aromatic heterocycles.